The van der Waals surface area contributed by atoms with E-state index in [0.717, 1.165) is 42.4 Å². The molecule has 23 heteroatoms. The number of nitrogens with one attached hydrogen (secondary N) is 4. The molecule has 1 fully saturated rings. The predicted molar refractivity (Wildman–Crippen MR) is 329 cm³/mol. The third-order valence-electron chi connectivity index (χ3n) is 16.8. The second kappa shape index (κ2) is 30.0. The Morgan fingerprint density at radius 1 is 0.841 bits per heavy atom. The van der Waals surface area contributed by atoms with E-state index in [0.29, 0.717) is 117 Å². The van der Waals surface area contributed by atoms with Crippen molar-refractivity contribution in [1.82, 2.24) is 45.8 Å². The van der Waals surface area contributed by atoms with Gasteiger partial charge in [0, 0.05) is 56.8 Å². The van der Waals surface area contributed by atoms with Gasteiger partial charge in [0.15, 0.2) is 0 Å². The number of aromatic nitrogens is 3. The molecule has 9 rings (SSSR count). The quantitative estimate of drug-likeness (QED) is 0.0408. The first-order valence-corrected chi connectivity index (χ1v) is 30.6. The number of pyridine rings is 1. The van der Waals surface area contributed by atoms with E-state index in [-0.39, 0.29) is 87.4 Å². The standard InChI is InChI=1S/C65H86FN11O11/c1-41(68-5)60(79)72-58(65(2,3)4)63(82)76-39-45-34-47(19-17-43(45)35-55(76)61(80)71-51-15-10-13-42-12-8-9-14-48(42)51)88-33-32-87-31-30-86-29-28-85-27-26-84-25-21-56(78)69-22-24-77-64(83-7)57-44-36-54(59(67)70-38-44)75-23-11-16-53(75)50-37-46(66)18-20-49(50)62(81)74(6)40-52(57)73-77/h8-9,12,14,17-20,34,36-38,41,51,53,55,58,68H,10-11,13,15-16,21-33,35,39-40H2,1-7H3,(H2,67,70)(H,69,78)(H,71,80)(H,72,79)/t41-,51+,53+,55-,58+/m0/s1. The molecular weight excluding hydrogens is 1130 g/mol. The van der Waals surface area contributed by atoms with Gasteiger partial charge in [0.2, 0.25) is 29.5 Å². The lowest BCUT2D eigenvalue weighted by Crippen LogP contribution is -2.62. The molecule has 1 saturated heterocycles. The van der Waals surface area contributed by atoms with Gasteiger partial charge in [-0.1, -0.05) is 51.1 Å². The van der Waals surface area contributed by atoms with Gasteiger partial charge in [-0.2, -0.15) is 5.10 Å². The molecule has 0 saturated carbocycles. The third kappa shape index (κ3) is 15.8. The highest BCUT2D eigenvalue weighted by molar-refractivity contribution is 5.97. The van der Waals surface area contributed by atoms with Crippen molar-refractivity contribution in [2.24, 2.45) is 5.41 Å². The predicted octanol–water partition coefficient (Wildman–Crippen LogP) is 5.84. The zero-order valence-corrected chi connectivity index (χ0v) is 51.8. The maximum absolute atomic E-state index is 14.7. The van der Waals surface area contributed by atoms with Crippen molar-refractivity contribution in [2.75, 3.05) is 104 Å². The topological polar surface area (TPSA) is 255 Å². The van der Waals surface area contributed by atoms with Crippen molar-refractivity contribution < 1.29 is 56.8 Å². The number of anilines is 2. The number of nitrogens with zero attached hydrogens (tertiary/aromatic N) is 6. The fourth-order valence-corrected chi connectivity index (χ4v) is 12.0. The Kier molecular flexibility index (Phi) is 22.1. The molecule has 88 heavy (non-hydrogen) atoms. The Balaban J connectivity index is 0.666. The molecule has 2 aromatic heterocycles. The Morgan fingerprint density at radius 3 is 2.30 bits per heavy atom. The summed E-state index contributed by atoms with van der Waals surface area (Å²) in [4.78, 5) is 79.0. The number of fused-ring (bicyclic) bond motifs is 10. The van der Waals surface area contributed by atoms with Gasteiger partial charge in [-0.3, -0.25) is 24.0 Å². The minimum absolute atomic E-state index is 0.119. The van der Waals surface area contributed by atoms with Crippen LogP contribution in [0.1, 0.15) is 116 Å². The van der Waals surface area contributed by atoms with Gasteiger partial charge in [-0.25, -0.2) is 14.1 Å². The van der Waals surface area contributed by atoms with Gasteiger partial charge in [-0.05, 0) is 116 Å². The van der Waals surface area contributed by atoms with Crippen molar-refractivity contribution in [3.8, 4) is 22.8 Å². The first-order valence-electron chi connectivity index (χ1n) is 30.6. The number of carbonyl (C=O) groups excluding carboxylic acids is 5. The molecule has 3 aromatic carbocycles. The number of hydrogen-bond acceptors (Lipinski definition) is 16. The average Bonchev–Trinajstić information content (AvgIpc) is 2.10. The zero-order chi connectivity index (χ0) is 62.5. The molecule has 0 unspecified atom stereocenters. The molecule has 2 bridgehead atoms. The maximum Gasteiger partial charge on any atom is 0.254 e. The lowest BCUT2D eigenvalue weighted by atomic mass is 9.83. The first-order chi connectivity index (χ1) is 42.4. The molecule has 0 spiro atoms. The van der Waals surface area contributed by atoms with E-state index < -0.39 is 29.4 Å². The summed E-state index contributed by atoms with van der Waals surface area (Å²) in [5, 5.41) is 17.0. The molecule has 6 N–H and O–H groups in total. The number of nitrogen functional groups attached to an aromatic ring is 1. The summed E-state index contributed by atoms with van der Waals surface area (Å²) in [6.45, 7) is 11.8. The maximum atomic E-state index is 14.7. The lowest BCUT2D eigenvalue weighted by Gasteiger charge is -2.41. The summed E-state index contributed by atoms with van der Waals surface area (Å²) in [7, 11) is 4.93. The fourth-order valence-electron chi connectivity index (χ4n) is 12.0. The van der Waals surface area contributed by atoms with E-state index in [1.54, 1.807) is 54.9 Å². The van der Waals surface area contributed by atoms with Gasteiger partial charge < -0.3 is 70.1 Å². The number of likely N-dealkylation sites (N-methyl/N-ethyl adjacent to an activating group) is 1. The second-order valence-corrected chi connectivity index (χ2v) is 23.9. The molecule has 3 aliphatic heterocycles. The number of rotatable bonds is 26. The van der Waals surface area contributed by atoms with E-state index in [9.17, 15) is 28.4 Å². The van der Waals surface area contributed by atoms with Crippen molar-refractivity contribution in [1.29, 1.82) is 0 Å². The molecule has 5 aromatic rings. The Bertz CT molecular complexity index is 3260. The summed E-state index contributed by atoms with van der Waals surface area (Å²) >= 11 is 0. The largest absolute Gasteiger partial charge is 0.491 e. The number of methoxy groups -OCH3 is 1. The molecule has 5 amide bonds. The van der Waals surface area contributed by atoms with Gasteiger partial charge in [0.1, 0.15) is 36.1 Å². The second-order valence-electron chi connectivity index (χ2n) is 23.9. The summed E-state index contributed by atoms with van der Waals surface area (Å²) in [5.74, 6) is -0.369. The van der Waals surface area contributed by atoms with Crippen LogP contribution < -0.4 is 41.4 Å². The molecule has 4 aliphatic rings. The number of hydrogen-bond donors (Lipinski definition) is 5. The fraction of sp³-hybridized carbons (Fsp3) is 0.523. The van der Waals surface area contributed by atoms with Crippen LogP contribution in [0.15, 0.2) is 72.9 Å². The SMILES string of the molecule is CN[C@@H](C)C(=O)N[C@H](C(=O)N1Cc2cc(OCCOCCOCCOCCOCCC(=O)NCCn3nc4c(c3OC)-c3cnc(N)c(c3)N3CCC[C@@H]3c3cc(F)ccc3C(=O)N(C)C4)ccc2C[C@H]1C(=O)N[C@@H]1CCCc2ccccc21)C(C)(C)C. The van der Waals surface area contributed by atoms with E-state index in [1.165, 1.54) is 17.7 Å². The van der Waals surface area contributed by atoms with Crippen LogP contribution in [0.3, 0.4) is 0 Å². The highest BCUT2D eigenvalue weighted by atomic mass is 19.1. The number of aryl methyl sites for hydroxylation is 1. The summed E-state index contributed by atoms with van der Waals surface area (Å²) in [5.41, 5.74) is 13.6. The zero-order valence-electron chi connectivity index (χ0n) is 51.8. The van der Waals surface area contributed by atoms with Gasteiger partial charge in [0.05, 0.1) is 108 Å². The number of halogens is 1. The third-order valence-corrected chi connectivity index (χ3v) is 16.8. The van der Waals surface area contributed by atoms with Crippen molar-refractivity contribution >= 4 is 41.0 Å². The molecule has 5 atom stereocenters. The summed E-state index contributed by atoms with van der Waals surface area (Å²) in [6.07, 6.45) is 6.37. The van der Waals surface area contributed by atoms with Crippen LogP contribution in [-0.4, -0.2) is 166 Å². The van der Waals surface area contributed by atoms with Gasteiger partial charge in [-0.15, -0.1) is 0 Å². The van der Waals surface area contributed by atoms with E-state index in [4.69, 9.17) is 39.3 Å². The Hall–Kier alpha value is -7.70. The van der Waals surface area contributed by atoms with Crippen molar-refractivity contribution in [3.05, 3.63) is 118 Å². The number of carbonyl (C=O) groups is 5. The van der Waals surface area contributed by atoms with E-state index in [2.05, 4.69) is 43.3 Å². The Labute approximate surface area is 514 Å². The van der Waals surface area contributed by atoms with Crippen LogP contribution in [0, 0.1) is 11.2 Å². The molecule has 5 heterocycles. The number of nitrogens with two attached hydrogens (primary N) is 1. The van der Waals surface area contributed by atoms with Gasteiger partial charge >= 0.3 is 0 Å². The van der Waals surface area contributed by atoms with Crippen LogP contribution in [0.2, 0.25) is 0 Å². The minimum atomic E-state index is -0.892. The molecule has 22 nitrogen and oxygen atoms in total. The minimum Gasteiger partial charge on any atom is -0.491 e. The summed E-state index contributed by atoms with van der Waals surface area (Å²) < 4.78 is 51.2. The molecule has 1 aliphatic carbocycles. The van der Waals surface area contributed by atoms with Crippen LogP contribution in [0.25, 0.3) is 11.1 Å². The molecule has 474 valence electrons. The van der Waals surface area contributed by atoms with Crippen molar-refractivity contribution in [3.63, 3.8) is 0 Å². The van der Waals surface area contributed by atoms with E-state index in [1.807, 2.05) is 57.2 Å². The lowest BCUT2D eigenvalue weighted by molar-refractivity contribution is -0.147. The average molecular weight is 1220 g/mol. The van der Waals surface area contributed by atoms with Crippen LogP contribution in [-0.2, 0) is 70.6 Å². The monoisotopic (exact) mass is 1220 g/mol. The summed E-state index contributed by atoms with van der Waals surface area (Å²) in [6, 6.07) is 17.5. The van der Waals surface area contributed by atoms with Crippen molar-refractivity contribution in [2.45, 2.75) is 122 Å². The van der Waals surface area contributed by atoms with Crippen LogP contribution in [0.5, 0.6) is 11.6 Å². The number of ether oxygens (including phenoxy) is 6. The van der Waals surface area contributed by atoms with Gasteiger partial charge in [0.25, 0.3) is 5.91 Å². The Morgan fingerprint density at radius 2 is 1.57 bits per heavy atom. The number of amides is 5. The highest BCUT2D eigenvalue weighted by Crippen LogP contribution is 2.44. The molecule has 0 radical (unpaired) electrons. The smallest absolute Gasteiger partial charge is 0.254 e. The normalized spacial score (nSPS) is 17.9. The van der Waals surface area contributed by atoms with Crippen LogP contribution >= 0.6 is 0 Å². The molecular formula is C65H86FN11O11. The first kappa shape index (κ1) is 64.8. The van der Waals surface area contributed by atoms with E-state index >= 15 is 0 Å². The highest BCUT2D eigenvalue weighted by Gasteiger charge is 2.43. The number of benzene rings is 3. The van der Waals surface area contributed by atoms with Crippen LogP contribution in [0.4, 0.5) is 15.9 Å².